The number of para-hydroxylation sites is 1. The average molecular weight is 374 g/mol. The summed E-state index contributed by atoms with van der Waals surface area (Å²) in [6.45, 7) is 2.29. The van der Waals surface area contributed by atoms with E-state index in [1.807, 2.05) is 43.5 Å². The van der Waals surface area contributed by atoms with Crippen LogP contribution in [0.3, 0.4) is 0 Å². The second-order valence-corrected chi connectivity index (χ2v) is 5.95. The maximum Gasteiger partial charge on any atom is 0.265 e. The zero-order valence-electron chi connectivity index (χ0n) is 15.0. The van der Waals surface area contributed by atoms with Crippen LogP contribution in [0.5, 0.6) is 11.5 Å². The van der Waals surface area contributed by atoms with Gasteiger partial charge in [0, 0.05) is 10.5 Å². The molecule has 0 heterocycles. The van der Waals surface area contributed by atoms with Crippen molar-refractivity contribution in [1.82, 2.24) is 0 Å². The van der Waals surface area contributed by atoms with Crippen LogP contribution in [0.25, 0.3) is 0 Å². The number of hydrogen-bond donors (Lipinski definition) is 1. The van der Waals surface area contributed by atoms with Gasteiger partial charge in [0.05, 0.1) is 25.6 Å². The van der Waals surface area contributed by atoms with Crippen LogP contribution in [0.2, 0.25) is 0 Å². The third kappa shape index (κ3) is 5.70. The Bertz CT molecular complexity index is 765. The van der Waals surface area contributed by atoms with E-state index >= 15 is 0 Å². The molecule has 0 aliphatic rings. The molecule has 2 aromatic rings. The summed E-state index contributed by atoms with van der Waals surface area (Å²) in [5, 5.41) is 6.63. The number of carbonyl (C=O) groups excluding carboxylic acids is 1. The first kappa shape index (κ1) is 19.7. The van der Waals surface area contributed by atoms with E-state index in [2.05, 4.69) is 10.5 Å². The zero-order chi connectivity index (χ0) is 18.8. The molecule has 0 radical (unpaired) electrons. The molecule has 2 aromatic carbocycles. The molecule has 0 bridgehead atoms. The summed E-state index contributed by atoms with van der Waals surface area (Å²) >= 11 is 1.56. The smallest absolute Gasteiger partial charge is 0.265 e. The van der Waals surface area contributed by atoms with Crippen LogP contribution in [0.1, 0.15) is 12.5 Å². The molecule has 1 N–H and O–H groups in total. The number of nitrogens with one attached hydrogen (secondary N) is 1. The maximum atomic E-state index is 12.0. The molecule has 0 unspecified atom stereocenters. The molecule has 7 heteroatoms. The van der Waals surface area contributed by atoms with E-state index < -0.39 is 0 Å². The fourth-order valence-corrected chi connectivity index (χ4v) is 2.72. The van der Waals surface area contributed by atoms with Crippen molar-refractivity contribution in [3.05, 3.63) is 48.0 Å². The van der Waals surface area contributed by atoms with Gasteiger partial charge in [0.2, 0.25) is 0 Å². The largest absolute Gasteiger partial charge is 0.493 e. The number of thioether (sulfide) groups is 1. The van der Waals surface area contributed by atoms with Gasteiger partial charge in [-0.3, -0.25) is 4.79 Å². The van der Waals surface area contributed by atoms with E-state index in [1.165, 1.54) is 6.21 Å². The van der Waals surface area contributed by atoms with Gasteiger partial charge in [-0.15, -0.1) is 11.8 Å². The predicted octanol–water partition coefficient (Wildman–Crippen LogP) is 3.81. The summed E-state index contributed by atoms with van der Waals surface area (Å²) in [7, 11) is 1.58. The van der Waals surface area contributed by atoms with Crippen LogP contribution < -0.4 is 14.8 Å². The Kier molecular flexibility index (Phi) is 7.82. The fraction of sp³-hybridized carbons (Fsp3) is 0.263. The van der Waals surface area contributed by atoms with Crippen LogP contribution >= 0.6 is 11.8 Å². The van der Waals surface area contributed by atoms with Gasteiger partial charge >= 0.3 is 0 Å². The molecular weight excluding hydrogens is 352 g/mol. The first-order valence-electron chi connectivity index (χ1n) is 8.07. The Balaban J connectivity index is 1.87. The van der Waals surface area contributed by atoms with E-state index in [-0.39, 0.29) is 12.5 Å². The number of hydrogen-bond acceptors (Lipinski definition) is 6. The Hall–Kier alpha value is -2.67. The molecule has 0 aliphatic carbocycles. The molecule has 6 nitrogen and oxygen atoms in total. The second-order valence-electron chi connectivity index (χ2n) is 5.10. The van der Waals surface area contributed by atoms with E-state index in [1.54, 1.807) is 31.0 Å². The monoisotopic (exact) mass is 374 g/mol. The summed E-state index contributed by atoms with van der Waals surface area (Å²) in [5.41, 5.74) is 1.53. The van der Waals surface area contributed by atoms with Crippen molar-refractivity contribution in [3.8, 4) is 11.5 Å². The second kappa shape index (κ2) is 10.4. The van der Waals surface area contributed by atoms with Gasteiger partial charge in [0.1, 0.15) is 0 Å². The highest BCUT2D eigenvalue weighted by Crippen LogP contribution is 2.27. The normalized spacial score (nSPS) is 10.6. The summed E-state index contributed by atoms with van der Waals surface area (Å²) < 4.78 is 10.7. The third-order valence-corrected chi connectivity index (χ3v) is 4.14. The van der Waals surface area contributed by atoms with Gasteiger partial charge in [-0.2, -0.15) is 0 Å². The van der Waals surface area contributed by atoms with Gasteiger partial charge in [0.25, 0.3) is 5.91 Å². The predicted molar refractivity (Wildman–Crippen MR) is 105 cm³/mol. The first-order valence-corrected chi connectivity index (χ1v) is 9.29. The Morgan fingerprint density at radius 2 is 2.04 bits per heavy atom. The highest BCUT2D eigenvalue weighted by Gasteiger charge is 2.07. The van der Waals surface area contributed by atoms with Crippen LogP contribution in [0.4, 0.5) is 5.69 Å². The number of nitrogens with zero attached hydrogens (tertiary/aromatic N) is 1. The van der Waals surface area contributed by atoms with Crippen LogP contribution in [0, 0.1) is 0 Å². The van der Waals surface area contributed by atoms with Crippen LogP contribution in [-0.2, 0) is 9.63 Å². The zero-order valence-corrected chi connectivity index (χ0v) is 15.8. The van der Waals surface area contributed by atoms with Gasteiger partial charge in [-0.25, -0.2) is 0 Å². The molecule has 0 saturated heterocycles. The Morgan fingerprint density at radius 3 is 2.77 bits per heavy atom. The lowest BCUT2D eigenvalue weighted by Crippen LogP contribution is -2.17. The minimum atomic E-state index is -0.270. The molecule has 0 fully saturated rings. The standard InChI is InChI=1S/C19H22N2O4S/c1-4-24-16-10-9-14(11-17(16)23-2)12-20-25-13-19(22)21-15-7-5-6-8-18(15)26-3/h5-12H,4,13H2,1-3H3,(H,21,22)/b20-12+. The topological polar surface area (TPSA) is 69.2 Å². The average Bonchev–Trinajstić information content (AvgIpc) is 2.66. The molecule has 138 valence electrons. The Morgan fingerprint density at radius 1 is 1.23 bits per heavy atom. The highest BCUT2D eigenvalue weighted by molar-refractivity contribution is 7.98. The van der Waals surface area contributed by atoms with Gasteiger partial charge < -0.3 is 19.6 Å². The maximum absolute atomic E-state index is 12.0. The molecular formula is C19H22N2O4S. The lowest BCUT2D eigenvalue weighted by molar-refractivity contribution is -0.120. The van der Waals surface area contributed by atoms with E-state index in [4.69, 9.17) is 14.3 Å². The van der Waals surface area contributed by atoms with Crippen molar-refractivity contribution in [3.63, 3.8) is 0 Å². The molecule has 0 spiro atoms. The van der Waals surface area contributed by atoms with Crippen molar-refractivity contribution in [1.29, 1.82) is 0 Å². The number of methoxy groups -OCH3 is 1. The summed E-state index contributed by atoms with van der Waals surface area (Å²) in [6.07, 6.45) is 3.47. The van der Waals surface area contributed by atoms with Gasteiger partial charge in [-0.05, 0) is 43.5 Å². The summed E-state index contributed by atoms with van der Waals surface area (Å²) in [4.78, 5) is 18.0. The van der Waals surface area contributed by atoms with Crippen molar-refractivity contribution in [2.75, 3.05) is 31.9 Å². The molecule has 2 rings (SSSR count). The van der Waals surface area contributed by atoms with Crippen LogP contribution in [-0.4, -0.2) is 38.7 Å². The third-order valence-electron chi connectivity index (χ3n) is 3.34. The number of oxime groups is 1. The van der Waals surface area contributed by atoms with Gasteiger partial charge in [-0.1, -0.05) is 17.3 Å². The Labute approximate surface area is 157 Å². The first-order chi connectivity index (χ1) is 12.7. The summed E-state index contributed by atoms with van der Waals surface area (Å²) in [6, 6.07) is 13.0. The highest BCUT2D eigenvalue weighted by atomic mass is 32.2. The van der Waals surface area contributed by atoms with Crippen molar-refractivity contribution in [2.24, 2.45) is 5.16 Å². The number of rotatable bonds is 9. The fourth-order valence-electron chi connectivity index (χ4n) is 2.17. The number of anilines is 1. The molecule has 26 heavy (non-hydrogen) atoms. The molecule has 0 aliphatic heterocycles. The van der Waals surface area contributed by atoms with Crippen molar-refractivity contribution in [2.45, 2.75) is 11.8 Å². The van der Waals surface area contributed by atoms with Crippen molar-refractivity contribution >= 4 is 29.6 Å². The lowest BCUT2D eigenvalue weighted by Gasteiger charge is -2.09. The number of ether oxygens (including phenoxy) is 2. The number of benzene rings is 2. The van der Waals surface area contributed by atoms with E-state index in [9.17, 15) is 4.79 Å². The molecule has 0 aromatic heterocycles. The minimum Gasteiger partial charge on any atom is -0.493 e. The SMILES string of the molecule is CCOc1ccc(/C=N/OCC(=O)Nc2ccccc2SC)cc1OC. The number of carbonyl (C=O) groups is 1. The molecule has 0 atom stereocenters. The van der Waals surface area contributed by atoms with E-state index in [0.717, 1.165) is 16.1 Å². The van der Waals surface area contributed by atoms with E-state index in [0.29, 0.717) is 18.1 Å². The molecule has 0 saturated carbocycles. The van der Waals surface area contributed by atoms with Crippen LogP contribution in [0.15, 0.2) is 52.5 Å². The molecule has 1 amide bonds. The quantitative estimate of drug-likeness (QED) is 0.411. The van der Waals surface area contributed by atoms with Crippen molar-refractivity contribution < 1.29 is 19.1 Å². The van der Waals surface area contributed by atoms with Gasteiger partial charge in [0.15, 0.2) is 18.1 Å². The summed E-state index contributed by atoms with van der Waals surface area (Å²) in [5.74, 6) is 1.01. The lowest BCUT2D eigenvalue weighted by atomic mass is 10.2. The number of amides is 1. The minimum absolute atomic E-state index is 0.173.